The number of rotatable bonds is 4. The van der Waals surface area contributed by atoms with Gasteiger partial charge in [-0.05, 0) is 35.7 Å². The summed E-state index contributed by atoms with van der Waals surface area (Å²) >= 11 is 0. The topological polar surface area (TPSA) is 33.6 Å². The van der Waals surface area contributed by atoms with Gasteiger partial charge in [0, 0.05) is 6.54 Å². The van der Waals surface area contributed by atoms with E-state index in [1.54, 1.807) is 0 Å². The number of aliphatic imine (C=N–C) groups is 1. The van der Waals surface area contributed by atoms with Crippen molar-refractivity contribution in [3.8, 4) is 5.75 Å². The monoisotopic (exact) mass is 268 g/mol. The number of amidine groups is 1. The molecule has 1 N–H and O–H groups in total. The first-order chi connectivity index (χ1) is 9.81. The normalized spacial score (nSPS) is 14.2. The fourth-order valence-electron chi connectivity index (χ4n) is 2.65. The van der Waals surface area contributed by atoms with Crippen LogP contribution in [0, 0.1) is 6.92 Å². The summed E-state index contributed by atoms with van der Waals surface area (Å²) in [5.41, 5.74) is 2.29. The van der Waals surface area contributed by atoms with E-state index in [2.05, 4.69) is 54.5 Å². The first-order valence-electron chi connectivity index (χ1n) is 7.25. The summed E-state index contributed by atoms with van der Waals surface area (Å²) in [7, 11) is 0. The van der Waals surface area contributed by atoms with Gasteiger partial charge >= 0.3 is 0 Å². The number of hydrogen-bond donors (Lipinski definition) is 1. The number of hydrogen-bond acceptors (Lipinski definition) is 3. The zero-order valence-electron chi connectivity index (χ0n) is 12.1. The van der Waals surface area contributed by atoms with Gasteiger partial charge in [0.05, 0.1) is 18.7 Å². The molecule has 0 radical (unpaired) electrons. The lowest BCUT2D eigenvalue weighted by Crippen LogP contribution is -2.21. The lowest BCUT2D eigenvalue weighted by Gasteiger charge is -2.16. The Morgan fingerprint density at radius 1 is 1.30 bits per heavy atom. The van der Waals surface area contributed by atoms with Crippen molar-refractivity contribution in [2.75, 3.05) is 19.7 Å². The van der Waals surface area contributed by atoms with Crippen molar-refractivity contribution >= 4 is 16.6 Å². The summed E-state index contributed by atoms with van der Waals surface area (Å²) in [6, 6.07) is 10.6. The van der Waals surface area contributed by atoms with Gasteiger partial charge in [-0.3, -0.25) is 4.99 Å². The Balaban J connectivity index is 2.19. The highest BCUT2D eigenvalue weighted by Crippen LogP contribution is 2.32. The van der Waals surface area contributed by atoms with E-state index < -0.39 is 0 Å². The minimum absolute atomic E-state index is 0.736. The maximum absolute atomic E-state index is 6.02. The number of nitrogens with zero attached hydrogens (tertiary/aromatic N) is 1. The molecule has 0 fully saturated rings. The predicted molar refractivity (Wildman–Crippen MR) is 83.9 cm³/mol. The van der Waals surface area contributed by atoms with Gasteiger partial charge < -0.3 is 10.1 Å². The highest BCUT2D eigenvalue weighted by atomic mass is 16.5. The average molecular weight is 268 g/mol. The third-order valence-corrected chi connectivity index (χ3v) is 3.63. The molecule has 0 aliphatic carbocycles. The fourth-order valence-corrected chi connectivity index (χ4v) is 2.65. The van der Waals surface area contributed by atoms with Crippen LogP contribution in [0.1, 0.15) is 24.5 Å². The molecule has 0 atom stereocenters. The molecule has 1 aliphatic heterocycles. The van der Waals surface area contributed by atoms with E-state index in [0.717, 1.165) is 43.3 Å². The maximum atomic E-state index is 6.02. The molecule has 104 valence electrons. The van der Waals surface area contributed by atoms with Gasteiger partial charge in [-0.1, -0.05) is 31.2 Å². The quantitative estimate of drug-likeness (QED) is 0.923. The summed E-state index contributed by atoms with van der Waals surface area (Å²) in [5.74, 6) is 1.93. The van der Waals surface area contributed by atoms with Crippen LogP contribution in [-0.2, 0) is 0 Å². The zero-order valence-corrected chi connectivity index (χ0v) is 12.1. The molecule has 0 saturated carbocycles. The second kappa shape index (κ2) is 5.53. The molecule has 20 heavy (non-hydrogen) atoms. The third kappa shape index (κ3) is 2.24. The van der Waals surface area contributed by atoms with Gasteiger partial charge in [-0.15, -0.1) is 0 Å². The standard InChI is InChI=1S/C17H20N2O/c1-3-10-20-16-12(2)14-7-5-4-6-13(14)11-15(16)17-18-8-9-19-17/h4-7,11H,3,8-10H2,1-2H3,(H,18,19). The summed E-state index contributed by atoms with van der Waals surface area (Å²) < 4.78 is 6.02. The Kier molecular flexibility index (Phi) is 3.59. The van der Waals surface area contributed by atoms with Crippen LogP contribution in [0.2, 0.25) is 0 Å². The Morgan fingerprint density at radius 3 is 2.90 bits per heavy atom. The second-order valence-corrected chi connectivity index (χ2v) is 5.10. The van der Waals surface area contributed by atoms with E-state index in [0.29, 0.717) is 0 Å². The van der Waals surface area contributed by atoms with Crippen LogP contribution in [0.4, 0.5) is 0 Å². The first kappa shape index (κ1) is 13.0. The van der Waals surface area contributed by atoms with E-state index in [-0.39, 0.29) is 0 Å². The van der Waals surface area contributed by atoms with Gasteiger partial charge in [0.1, 0.15) is 11.6 Å². The van der Waals surface area contributed by atoms with E-state index >= 15 is 0 Å². The predicted octanol–water partition coefficient (Wildman–Crippen LogP) is 3.29. The van der Waals surface area contributed by atoms with Crippen LogP contribution in [0.5, 0.6) is 5.75 Å². The smallest absolute Gasteiger partial charge is 0.133 e. The van der Waals surface area contributed by atoms with Gasteiger partial charge in [0.15, 0.2) is 0 Å². The maximum Gasteiger partial charge on any atom is 0.133 e. The van der Waals surface area contributed by atoms with Crippen LogP contribution < -0.4 is 10.1 Å². The Labute approximate surface area is 119 Å². The number of fused-ring (bicyclic) bond motifs is 1. The molecule has 0 bridgehead atoms. The van der Waals surface area contributed by atoms with Gasteiger partial charge in [-0.2, -0.15) is 0 Å². The van der Waals surface area contributed by atoms with E-state index in [9.17, 15) is 0 Å². The molecule has 3 heteroatoms. The van der Waals surface area contributed by atoms with Crippen LogP contribution in [0.25, 0.3) is 10.8 Å². The summed E-state index contributed by atoms with van der Waals surface area (Å²) in [5, 5.41) is 5.84. The van der Waals surface area contributed by atoms with Crippen LogP contribution in [-0.4, -0.2) is 25.5 Å². The van der Waals surface area contributed by atoms with Crippen molar-refractivity contribution in [2.45, 2.75) is 20.3 Å². The van der Waals surface area contributed by atoms with E-state index in [4.69, 9.17) is 4.74 Å². The minimum atomic E-state index is 0.736. The molecule has 0 aromatic heterocycles. The highest BCUT2D eigenvalue weighted by Gasteiger charge is 2.17. The molecule has 2 aromatic rings. The van der Waals surface area contributed by atoms with Gasteiger partial charge in [-0.25, -0.2) is 0 Å². The first-order valence-corrected chi connectivity index (χ1v) is 7.25. The van der Waals surface area contributed by atoms with Crippen molar-refractivity contribution in [3.05, 3.63) is 41.5 Å². The van der Waals surface area contributed by atoms with E-state index in [1.165, 1.54) is 16.3 Å². The van der Waals surface area contributed by atoms with Crippen molar-refractivity contribution < 1.29 is 4.74 Å². The minimum Gasteiger partial charge on any atom is -0.493 e. The molecule has 0 amide bonds. The average Bonchev–Trinajstić information content (AvgIpc) is 3.00. The molecule has 3 nitrogen and oxygen atoms in total. The second-order valence-electron chi connectivity index (χ2n) is 5.10. The fraction of sp³-hybridized carbons (Fsp3) is 0.353. The molecule has 0 unspecified atom stereocenters. The number of ether oxygens (including phenoxy) is 1. The lowest BCUT2D eigenvalue weighted by atomic mass is 9.99. The highest BCUT2D eigenvalue weighted by molar-refractivity contribution is 6.06. The van der Waals surface area contributed by atoms with E-state index in [1.807, 2.05) is 0 Å². The lowest BCUT2D eigenvalue weighted by molar-refractivity contribution is 0.315. The number of aryl methyl sites for hydroxylation is 1. The Bertz CT molecular complexity index is 661. The van der Waals surface area contributed by atoms with Crippen LogP contribution in [0.3, 0.4) is 0 Å². The van der Waals surface area contributed by atoms with Gasteiger partial charge in [0.25, 0.3) is 0 Å². The third-order valence-electron chi connectivity index (χ3n) is 3.63. The molecule has 2 aromatic carbocycles. The summed E-state index contributed by atoms with van der Waals surface area (Å²) in [6.07, 6.45) is 1.01. The van der Waals surface area contributed by atoms with Crippen molar-refractivity contribution in [1.29, 1.82) is 0 Å². The van der Waals surface area contributed by atoms with Crippen LogP contribution >= 0.6 is 0 Å². The van der Waals surface area contributed by atoms with Crippen LogP contribution in [0.15, 0.2) is 35.3 Å². The SMILES string of the molecule is CCCOc1c(C2=NCCN2)cc2ccccc2c1C. The molecule has 1 aliphatic rings. The van der Waals surface area contributed by atoms with Crippen molar-refractivity contribution in [3.63, 3.8) is 0 Å². The summed E-state index contributed by atoms with van der Waals surface area (Å²) in [6.45, 7) is 6.75. The Hall–Kier alpha value is -2.03. The molecule has 0 saturated heterocycles. The Morgan fingerprint density at radius 2 is 2.15 bits per heavy atom. The molecule has 1 heterocycles. The summed E-state index contributed by atoms with van der Waals surface area (Å²) in [4.78, 5) is 4.55. The largest absolute Gasteiger partial charge is 0.493 e. The number of benzene rings is 2. The van der Waals surface area contributed by atoms with Crippen molar-refractivity contribution in [2.24, 2.45) is 4.99 Å². The number of nitrogens with one attached hydrogen (secondary N) is 1. The van der Waals surface area contributed by atoms with Crippen molar-refractivity contribution in [1.82, 2.24) is 5.32 Å². The molecule has 0 spiro atoms. The zero-order chi connectivity index (χ0) is 13.9. The van der Waals surface area contributed by atoms with Gasteiger partial charge in [0.2, 0.25) is 0 Å². The molecule has 3 rings (SSSR count). The molecular formula is C17H20N2O. The molecular weight excluding hydrogens is 248 g/mol.